The van der Waals surface area contributed by atoms with Crippen LogP contribution in [0.25, 0.3) is 65.7 Å². The molecule has 0 amide bonds. The summed E-state index contributed by atoms with van der Waals surface area (Å²) in [5.41, 5.74) is 12.7. The van der Waals surface area contributed by atoms with Gasteiger partial charge in [-0.25, -0.2) is 0 Å². The Bertz CT molecular complexity index is 3370. The standard InChI is InChI=1S/C56H36N2O2/c1-4-15-37(16-5-1)44-21-10-12-24-51(44)58(42-30-32-53-49(35-42)45-22-11-13-25-52(45)59-53)41-28-27-38-33-50-46-31-29-43(57(39-17-6-2-7-18-39)40-19-8-3-9-20-40)36-55(46)60-54-26-14-23-47(56(50)54)48(38)34-41/h1-36H. The van der Waals surface area contributed by atoms with Gasteiger partial charge in [-0.1, -0.05) is 121 Å². The van der Waals surface area contributed by atoms with Crippen LogP contribution in [0.4, 0.5) is 34.1 Å². The number of para-hydroxylation sites is 4. The van der Waals surface area contributed by atoms with Gasteiger partial charge in [-0.2, -0.15) is 0 Å². The average molecular weight is 769 g/mol. The van der Waals surface area contributed by atoms with Gasteiger partial charge in [0.05, 0.1) is 5.69 Å². The Morgan fingerprint density at radius 1 is 0.317 bits per heavy atom. The zero-order valence-electron chi connectivity index (χ0n) is 32.5. The van der Waals surface area contributed by atoms with Crippen molar-refractivity contribution in [3.05, 3.63) is 218 Å². The minimum Gasteiger partial charge on any atom is -0.456 e. The SMILES string of the molecule is c1ccc(-c2ccccc2N(c2ccc3cc4c5c(cccc5c3c2)Oc2cc(N(c3ccccc3)c3ccccc3)ccc2-4)c2ccc3oc4ccccc4c3c2)cc1. The smallest absolute Gasteiger partial charge is 0.137 e. The van der Waals surface area contributed by atoms with Gasteiger partial charge >= 0.3 is 0 Å². The number of rotatable bonds is 7. The summed E-state index contributed by atoms with van der Waals surface area (Å²) in [6.45, 7) is 0. The van der Waals surface area contributed by atoms with Crippen molar-refractivity contribution in [2.75, 3.05) is 9.80 Å². The predicted octanol–water partition coefficient (Wildman–Crippen LogP) is 16.3. The lowest BCUT2D eigenvalue weighted by Gasteiger charge is -2.29. The van der Waals surface area contributed by atoms with E-state index in [2.05, 4.69) is 216 Å². The van der Waals surface area contributed by atoms with Crippen LogP contribution < -0.4 is 14.5 Å². The molecule has 0 unspecified atom stereocenters. The van der Waals surface area contributed by atoms with Crippen molar-refractivity contribution in [2.45, 2.75) is 0 Å². The number of hydrogen-bond acceptors (Lipinski definition) is 4. The van der Waals surface area contributed by atoms with Crippen LogP contribution in [0, 0.1) is 0 Å². The zero-order valence-corrected chi connectivity index (χ0v) is 32.5. The van der Waals surface area contributed by atoms with Crippen LogP contribution in [0.15, 0.2) is 223 Å². The van der Waals surface area contributed by atoms with E-state index in [9.17, 15) is 0 Å². The van der Waals surface area contributed by atoms with Gasteiger partial charge in [0.1, 0.15) is 22.7 Å². The zero-order chi connectivity index (χ0) is 39.6. The molecule has 11 aromatic rings. The van der Waals surface area contributed by atoms with E-state index < -0.39 is 0 Å². The number of nitrogens with zero attached hydrogens (tertiary/aromatic N) is 2. The first kappa shape index (κ1) is 34.0. The normalized spacial score (nSPS) is 11.8. The molecule has 12 rings (SSSR count). The molecule has 2 heterocycles. The fourth-order valence-corrected chi connectivity index (χ4v) is 9.09. The summed E-state index contributed by atoms with van der Waals surface area (Å²) in [7, 11) is 0. The van der Waals surface area contributed by atoms with Crippen molar-refractivity contribution in [2.24, 2.45) is 0 Å². The maximum absolute atomic E-state index is 6.86. The van der Waals surface area contributed by atoms with Crippen molar-refractivity contribution >= 4 is 77.6 Å². The quantitative estimate of drug-likeness (QED) is 0.151. The highest BCUT2D eigenvalue weighted by Gasteiger charge is 2.25. The molecule has 0 spiro atoms. The summed E-state index contributed by atoms with van der Waals surface area (Å²) in [5, 5.41) is 6.78. The van der Waals surface area contributed by atoms with E-state index in [0.717, 1.165) is 106 Å². The minimum atomic E-state index is 0.839. The van der Waals surface area contributed by atoms with E-state index in [-0.39, 0.29) is 0 Å². The van der Waals surface area contributed by atoms with Gasteiger partial charge in [-0.05, 0) is 118 Å². The van der Waals surface area contributed by atoms with Crippen molar-refractivity contribution in [3.63, 3.8) is 0 Å². The highest BCUT2D eigenvalue weighted by molar-refractivity contribution is 6.18. The van der Waals surface area contributed by atoms with Crippen LogP contribution in [0.1, 0.15) is 0 Å². The summed E-state index contributed by atoms with van der Waals surface area (Å²) < 4.78 is 13.2. The fourth-order valence-electron chi connectivity index (χ4n) is 9.09. The number of benzene rings is 10. The summed E-state index contributed by atoms with van der Waals surface area (Å²) in [6.07, 6.45) is 0. The fraction of sp³-hybridized carbons (Fsp3) is 0. The van der Waals surface area contributed by atoms with Gasteiger partial charge in [0.2, 0.25) is 0 Å². The molecule has 4 nitrogen and oxygen atoms in total. The molecule has 0 atom stereocenters. The van der Waals surface area contributed by atoms with Crippen molar-refractivity contribution in [1.29, 1.82) is 0 Å². The largest absolute Gasteiger partial charge is 0.456 e. The summed E-state index contributed by atoms with van der Waals surface area (Å²) >= 11 is 0. The second-order valence-electron chi connectivity index (χ2n) is 15.3. The maximum Gasteiger partial charge on any atom is 0.137 e. The van der Waals surface area contributed by atoms with E-state index in [0.29, 0.717) is 0 Å². The van der Waals surface area contributed by atoms with Crippen LogP contribution in [-0.2, 0) is 0 Å². The molecule has 1 aromatic heterocycles. The average Bonchev–Trinajstić information content (AvgIpc) is 3.69. The van der Waals surface area contributed by atoms with E-state index in [1.807, 2.05) is 12.1 Å². The van der Waals surface area contributed by atoms with Gasteiger partial charge in [0, 0.05) is 61.8 Å². The number of fused-ring (bicyclic) bond motifs is 7. The molecule has 0 radical (unpaired) electrons. The van der Waals surface area contributed by atoms with Gasteiger partial charge < -0.3 is 19.0 Å². The molecule has 4 heteroatoms. The Morgan fingerprint density at radius 3 is 1.73 bits per heavy atom. The molecule has 282 valence electrons. The molecular formula is C56H36N2O2. The first-order valence-electron chi connectivity index (χ1n) is 20.3. The molecular weight excluding hydrogens is 733 g/mol. The van der Waals surface area contributed by atoms with Crippen molar-refractivity contribution in [3.8, 4) is 33.8 Å². The molecule has 10 aromatic carbocycles. The van der Waals surface area contributed by atoms with Crippen LogP contribution in [0.2, 0.25) is 0 Å². The second kappa shape index (κ2) is 13.8. The molecule has 1 aliphatic heterocycles. The van der Waals surface area contributed by atoms with Gasteiger partial charge in [-0.15, -0.1) is 0 Å². The molecule has 60 heavy (non-hydrogen) atoms. The van der Waals surface area contributed by atoms with Gasteiger partial charge in [0.15, 0.2) is 0 Å². The lowest BCUT2D eigenvalue weighted by atomic mass is 9.90. The number of anilines is 6. The van der Waals surface area contributed by atoms with Crippen LogP contribution in [0.3, 0.4) is 0 Å². The third kappa shape index (κ3) is 5.53. The number of ether oxygens (including phenoxy) is 1. The highest BCUT2D eigenvalue weighted by atomic mass is 16.5. The summed E-state index contributed by atoms with van der Waals surface area (Å²) in [4.78, 5) is 4.66. The van der Waals surface area contributed by atoms with E-state index in [4.69, 9.17) is 9.15 Å². The monoisotopic (exact) mass is 768 g/mol. The van der Waals surface area contributed by atoms with Crippen LogP contribution >= 0.6 is 0 Å². The topological polar surface area (TPSA) is 28.9 Å². The van der Waals surface area contributed by atoms with Gasteiger partial charge in [0.25, 0.3) is 0 Å². The molecule has 0 bridgehead atoms. The Kier molecular flexibility index (Phi) is 7.82. The predicted molar refractivity (Wildman–Crippen MR) is 249 cm³/mol. The van der Waals surface area contributed by atoms with Crippen LogP contribution in [-0.4, -0.2) is 0 Å². The van der Waals surface area contributed by atoms with Crippen LogP contribution in [0.5, 0.6) is 11.5 Å². The Hall–Kier alpha value is -8.08. The van der Waals surface area contributed by atoms with Crippen molar-refractivity contribution < 1.29 is 9.15 Å². The number of furan rings is 1. The van der Waals surface area contributed by atoms with Gasteiger partial charge in [-0.3, -0.25) is 0 Å². The highest BCUT2D eigenvalue weighted by Crippen LogP contribution is 2.52. The first-order valence-corrected chi connectivity index (χ1v) is 20.3. The molecule has 0 saturated heterocycles. The van der Waals surface area contributed by atoms with E-state index in [1.54, 1.807) is 0 Å². The Balaban J connectivity index is 1.03. The molecule has 0 fully saturated rings. The molecule has 1 aliphatic rings. The maximum atomic E-state index is 6.86. The number of hydrogen-bond donors (Lipinski definition) is 0. The third-order valence-electron chi connectivity index (χ3n) is 11.8. The molecule has 0 N–H and O–H groups in total. The lowest BCUT2D eigenvalue weighted by Crippen LogP contribution is -2.11. The summed E-state index contributed by atoms with van der Waals surface area (Å²) in [5.74, 6) is 1.69. The van der Waals surface area contributed by atoms with Crippen molar-refractivity contribution in [1.82, 2.24) is 0 Å². The summed E-state index contributed by atoms with van der Waals surface area (Å²) in [6, 6.07) is 77.3. The lowest BCUT2D eigenvalue weighted by molar-refractivity contribution is 0.487. The minimum absolute atomic E-state index is 0.839. The van der Waals surface area contributed by atoms with E-state index in [1.165, 1.54) is 5.56 Å². The molecule has 0 aliphatic carbocycles. The van der Waals surface area contributed by atoms with E-state index >= 15 is 0 Å². The molecule has 0 saturated carbocycles. The Morgan fingerprint density at radius 2 is 0.933 bits per heavy atom. The third-order valence-corrected chi connectivity index (χ3v) is 11.8. The Labute approximate surface area is 347 Å². The second-order valence-corrected chi connectivity index (χ2v) is 15.3. The first-order chi connectivity index (χ1) is 29.7.